The average Bonchev–Trinajstić information content (AvgIpc) is 3.30. The molecule has 0 unspecified atom stereocenters. The maximum Gasteiger partial charge on any atom is 0.337 e. The molecule has 2 amide bonds. The zero-order valence-electron chi connectivity index (χ0n) is 15.3. The van der Waals surface area contributed by atoms with Gasteiger partial charge in [-0.25, -0.2) is 4.79 Å². The SMILES string of the molecule is COC(=O)c1ccc(NCN2C(=O)S/C(=C/c3ccc4c(c3)OCO4)C2=O)cc1. The first-order valence-corrected chi connectivity index (χ1v) is 9.44. The third-order valence-electron chi connectivity index (χ3n) is 4.32. The van der Waals surface area contributed by atoms with E-state index in [0.717, 1.165) is 22.2 Å². The van der Waals surface area contributed by atoms with Crippen LogP contribution < -0.4 is 14.8 Å². The van der Waals surface area contributed by atoms with Gasteiger partial charge in [0, 0.05) is 5.69 Å². The van der Waals surface area contributed by atoms with Gasteiger partial charge in [0.2, 0.25) is 6.79 Å². The van der Waals surface area contributed by atoms with E-state index in [2.05, 4.69) is 10.1 Å². The zero-order chi connectivity index (χ0) is 20.4. The molecule has 0 aliphatic carbocycles. The first-order chi connectivity index (χ1) is 14.0. The molecule has 29 heavy (non-hydrogen) atoms. The highest BCUT2D eigenvalue weighted by Crippen LogP contribution is 2.36. The van der Waals surface area contributed by atoms with E-state index in [0.29, 0.717) is 27.7 Å². The van der Waals surface area contributed by atoms with E-state index in [-0.39, 0.29) is 24.6 Å². The molecule has 0 radical (unpaired) electrons. The topological polar surface area (TPSA) is 94.2 Å². The minimum absolute atomic E-state index is 0.0146. The molecular formula is C20H16N2O6S. The van der Waals surface area contributed by atoms with E-state index >= 15 is 0 Å². The fraction of sp³-hybridized carbons (Fsp3) is 0.150. The highest BCUT2D eigenvalue weighted by atomic mass is 32.2. The molecule has 9 heteroatoms. The summed E-state index contributed by atoms with van der Waals surface area (Å²) in [4.78, 5) is 37.8. The molecule has 1 fully saturated rings. The summed E-state index contributed by atoms with van der Waals surface area (Å²) in [7, 11) is 1.31. The summed E-state index contributed by atoms with van der Waals surface area (Å²) in [6.45, 7) is 0.183. The van der Waals surface area contributed by atoms with Gasteiger partial charge in [-0.2, -0.15) is 0 Å². The van der Waals surface area contributed by atoms with Gasteiger partial charge in [0.1, 0.15) is 0 Å². The Labute approximate surface area is 170 Å². The summed E-state index contributed by atoms with van der Waals surface area (Å²) in [5.41, 5.74) is 1.82. The van der Waals surface area contributed by atoms with Gasteiger partial charge in [-0.15, -0.1) is 0 Å². The van der Waals surface area contributed by atoms with Crippen molar-refractivity contribution >= 4 is 40.6 Å². The van der Waals surface area contributed by atoms with Gasteiger partial charge in [0.15, 0.2) is 11.5 Å². The number of hydrogen-bond acceptors (Lipinski definition) is 8. The lowest BCUT2D eigenvalue weighted by Crippen LogP contribution is -2.33. The fourth-order valence-electron chi connectivity index (χ4n) is 2.80. The lowest BCUT2D eigenvalue weighted by molar-refractivity contribution is -0.122. The molecule has 0 spiro atoms. The van der Waals surface area contributed by atoms with Crippen LogP contribution in [0.15, 0.2) is 47.4 Å². The monoisotopic (exact) mass is 412 g/mol. The summed E-state index contributed by atoms with van der Waals surface area (Å²) in [6, 6.07) is 11.9. The van der Waals surface area contributed by atoms with Gasteiger partial charge in [-0.1, -0.05) is 6.07 Å². The average molecular weight is 412 g/mol. The van der Waals surface area contributed by atoms with Gasteiger partial charge in [-0.3, -0.25) is 14.5 Å². The minimum atomic E-state index is -0.434. The van der Waals surface area contributed by atoms with Crippen molar-refractivity contribution in [3.8, 4) is 11.5 Å². The molecule has 2 aliphatic heterocycles. The molecule has 0 aromatic heterocycles. The maximum absolute atomic E-state index is 12.6. The number of imide groups is 1. The van der Waals surface area contributed by atoms with E-state index in [1.54, 1.807) is 48.5 Å². The second-order valence-corrected chi connectivity index (χ2v) is 7.12. The summed E-state index contributed by atoms with van der Waals surface area (Å²) >= 11 is 0.880. The Hall–Kier alpha value is -3.46. The van der Waals surface area contributed by atoms with Crippen molar-refractivity contribution in [2.45, 2.75) is 0 Å². The number of esters is 1. The van der Waals surface area contributed by atoms with Gasteiger partial charge >= 0.3 is 5.97 Å². The number of nitrogens with one attached hydrogen (secondary N) is 1. The Kier molecular flexibility index (Phi) is 5.13. The predicted molar refractivity (Wildman–Crippen MR) is 107 cm³/mol. The number of carbonyl (C=O) groups is 3. The Morgan fingerprint density at radius 3 is 2.69 bits per heavy atom. The van der Waals surface area contributed by atoms with Crippen molar-refractivity contribution in [2.75, 3.05) is 25.9 Å². The number of benzene rings is 2. The normalized spacial score (nSPS) is 16.4. The van der Waals surface area contributed by atoms with Crippen LogP contribution >= 0.6 is 11.8 Å². The van der Waals surface area contributed by atoms with Gasteiger partial charge in [-0.05, 0) is 59.8 Å². The largest absolute Gasteiger partial charge is 0.465 e. The summed E-state index contributed by atoms with van der Waals surface area (Å²) in [5, 5.41) is 2.64. The molecule has 148 valence electrons. The van der Waals surface area contributed by atoms with Crippen LogP contribution in [-0.4, -0.2) is 42.6 Å². The summed E-state index contributed by atoms with van der Waals surface area (Å²) < 4.78 is 15.2. The number of methoxy groups -OCH3 is 1. The van der Waals surface area contributed by atoms with E-state index < -0.39 is 5.97 Å². The third kappa shape index (κ3) is 3.90. The Balaban J connectivity index is 1.42. The highest BCUT2D eigenvalue weighted by molar-refractivity contribution is 8.18. The quantitative estimate of drug-likeness (QED) is 0.591. The number of ether oxygens (including phenoxy) is 3. The maximum atomic E-state index is 12.6. The number of nitrogens with zero attached hydrogens (tertiary/aromatic N) is 1. The Bertz CT molecular complexity index is 1020. The number of hydrogen-bond donors (Lipinski definition) is 1. The van der Waals surface area contributed by atoms with E-state index in [1.807, 2.05) is 0 Å². The lowest BCUT2D eigenvalue weighted by atomic mass is 10.2. The van der Waals surface area contributed by atoms with Gasteiger partial charge in [0.25, 0.3) is 11.1 Å². The van der Waals surface area contributed by atoms with Crippen LogP contribution in [0.4, 0.5) is 10.5 Å². The van der Waals surface area contributed by atoms with Crippen LogP contribution in [-0.2, 0) is 9.53 Å². The van der Waals surface area contributed by atoms with Gasteiger partial charge in [0.05, 0.1) is 24.2 Å². The molecule has 0 saturated carbocycles. The van der Waals surface area contributed by atoms with Crippen molar-refractivity contribution in [3.05, 3.63) is 58.5 Å². The minimum Gasteiger partial charge on any atom is -0.465 e. The molecule has 1 saturated heterocycles. The van der Waals surface area contributed by atoms with Crippen LogP contribution in [0, 0.1) is 0 Å². The Morgan fingerprint density at radius 1 is 1.17 bits per heavy atom. The molecule has 2 heterocycles. The van der Waals surface area contributed by atoms with Crippen molar-refractivity contribution in [1.82, 2.24) is 4.90 Å². The van der Waals surface area contributed by atoms with Crippen LogP contribution in [0.3, 0.4) is 0 Å². The fourth-order valence-corrected chi connectivity index (χ4v) is 3.64. The predicted octanol–water partition coefficient (Wildman–Crippen LogP) is 3.31. The van der Waals surface area contributed by atoms with E-state index in [4.69, 9.17) is 9.47 Å². The molecule has 8 nitrogen and oxygen atoms in total. The van der Waals surface area contributed by atoms with E-state index in [9.17, 15) is 14.4 Å². The number of fused-ring (bicyclic) bond motifs is 1. The Morgan fingerprint density at radius 2 is 1.93 bits per heavy atom. The highest BCUT2D eigenvalue weighted by Gasteiger charge is 2.34. The van der Waals surface area contributed by atoms with Crippen molar-refractivity contribution in [2.24, 2.45) is 0 Å². The number of amides is 2. The molecular weight excluding hydrogens is 396 g/mol. The standard InChI is InChI=1S/C20H16N2O6S/c1-26-19(24)13-3-5-14(6-4-13)21-10-22-18(23)17(29-20(22)25)9-12-2-7-15-16(8-12)28-11-27-15/h2-9,21H,10-11H2,1H3/b17-9+. The molecule has 2 aromatic carbocycles. The van der Waals surface area contributed by atoms with Crippen LogP contribution in [0.5, 0.6) is 11.5 Å². The summed E-state index contributed by atoms with van der Waals surface area (Å²) in [6.07, 6.45) is 1.65. The third-order valence-corrected chi connectivity index (χ3v) is 5.22. The number of carbonyl (C=O) groups excluding carboxylic acids is 3. The van der Waals surface area contributed by atoms with Crippen molar-refractivity contribution < 1.29 is 28.6 Å². The van der Waals surface area contributed by atoms with Crippen molar-refractivity contribution in [3.63, 3.8) is 0 Å². The number of rotatable bonds is 5. The molecule has 2 aliphatic rings. The second kappa shape index (κ2) is 7.88. The molecule has 0 bridgehead atoms. The van der Waals surface area contributed by atoms with Gasteiger partial charge < -0.3 is 19.5 Å². The smallest absolute Gasteiger partial charge is 0.337 e. The first kappa shape index (κ1) is 18.9. The number of anilines is 1. The lowest BCUT2D eigenvalue weighted by Gasteiger charge is -2.14. The molecule has 4 rings (SSSR count). The van der Waals surface area contributed by atoms with Crippen LogP contribution in [0.2, 0.25) is 0 Å². The van der Waals surface area contributed by atoms with E-state index in [1.165, 1.54) is 7.11 Å². The molecule has 1 N–H and O–H groups in total. The first-order valence-electron chi connectivity index (χ1n) is 8.62. The van der Waals surface area contributed by atoms with Crippen LogP contribution in [0.25, 0.3) is 6.08 Å². The summed E-state index contributed by atoms with van der Waals surface area (Å²) in [5.74, 6) is 0.445. The van der Waals surface area contributed by atoms with Crippen LogP contribution in [0.1, 0.15) is 15.9 Å². The molecule has 2 aromatic rings. The number of thioether (sulfide) groups is 1. The zero-order valence-corrected chi connectivity index (χ0v) is 16.2. The second-order valence-electron chi connectivity index (χ2n) is 6.13. The molecule has 0 atom stereocenters. The van der Waals surface area contributed by atoms with Crippen molar-refractivity contribution in [1.29, 1.82) is 0 Å².